The molecule has 3 N–H and O–H groups in total. The number of rotatable bonds is 5. The van der Waals surface area contributed by atoms with E-state index in [-0.39, 0.29) is 11.1 Å². The number of carbonyl (C=O) groups is 2. The second kappa shape index (κ2) is 6.29. The third-order valence-corrected chi connectivity index (χ3v) is 2.59. The van der Waals surface area contributed by atoms with Crippen molar-refractivity contribution in [3.05, 3.63) is 59.7 Å². The molecule has 7 heteroatoms. The molecule has 0 unspecified atom stereocenters. The Hall–Kier alpha value is -3.22. The van der Waals surface area contributed by atoms with Gasteiger partial charge in [-0.2, -0.15) is 0 Å². The molecule has 0 aliphatic carbocycles. The van der Waals surface area contributed by atoms with Gasteiger partial charge < -0.3 is 10.2 Å². The Labute approximate surface area is 119 Å². The van der Waals surface area contributed by atoms with E-state index in [0.29, 0.717) is 11.4 Å². The van der Waals surface area contributed by atoms with Crippen LogP contribution in [0.3, 0.4) is 0 Å². The van der Waals surface area contributed by atoms with Crippen molar-refractivity contribution in [1.29, 1.82) is 0 Å². The van der Waals surface area contributed by atoms with Crippen LogP contribution in [0.1, 0.15) is 20.7 Å². The largest absolute Gasteiger partial charge is 0.478 e. The van der Waals surface area contributed by atoms with Gasteiger partial charge in [-0.1, -0.05) is 5.22 Å². The van der Waals surface area contributed by atoms with E-state index in [1.807, 2.05) is 0 Å². The van der Waals surface area contributed by atoms with E-state index >= 15 is 0 Å². The van der Waals surface area contributed by atoms with E-state index in [1.54, 1.807) is 12.1 Å². The number of carboxylic acids is 2. The fourth-order valence-electron chi connectivity index (χ4n) is 1.50. The first-order valence-corrected chi connectivity index (χ1v) is 5.90. The van der Waals surface area contributed by atoms with Gasteiger partial charge in [0, 0.05) is 0 Å². The average Bonchev–Trinajstić information content (AvgIpc) is 2.48. The minimum Gasteiger partial charge on any atom is -0.478 e. The van der Waals surface area contributed by atoms with E-state index in [2.05, 4.69) is 15.8 Å². The summed E-state index contributed by atoms with van der Waals surface area (Å²) in [7, 11) is 0. The molecular weight excluding hydrogens is 274 g/mol. The lowest BCUT2D eigenvalue weighted by atomic mass is 10.2. The maximum atomic E-state index is 10.7. The summed E-state index contributed by atoms with van der Waals surface area (Å²) >= 11 is 0. The summed E-state index contributed by atoms with van der Waals surface area (Å²) in [6, 6.07) is 11.9. The van der Waals surface area contributed by atoms with Crippen molar-refractivity contribution < 1.29 is 19.8 Å². The number of anilines is 1. The molecular formula is C14H11N3O4. The SMILES string of the molecule is O=C(O)c1ccc(/N=N/Nc2ccc(C(=O)O)cc2)cc1. The molecule has 0 fully saturated rings. The zero-order valence-corrected chi connectivity index (χ0v) is 10.7. The number of aromatic carboxylic acids is 2. The lowest BCUT2D eigenvalue weighted by molar-refractivity contribution is 0.0686. The normalized spacial score (nSPS) is 10.5. The fourth-order valence-corrected chi connectivity index (χ4v) is 1.50. The van der Waals surface area contributed by atoms with Gasteiger partial charge in [-0.05, 0) is 48.5 Å². The van der Waals surface area contributed by atoms with Gasteiger partial charge in [0.15, 0.2) is 0 Å². The van der Waals surface area contributed by atoms with E-state index in [1.165, 1.54) is 36.4 Å². The van der Waals surface area contributed by atoms with Crippen LogP contribution in [0.25, 0.3) is 0 Å². The quantitative estimate of drug-likeness (QED) is 0.577. The van der Waals surface area contributed by atoms with Gasteiger partial charge in [0.25, 0.3) is 0 Å². The third kappa shape index (κ3) is 3.87. The van der Waals surface area contributed by atoms with Crippen molar-refractivity contribution in [1.82, 2.24) is 0 Å². The number of nitrogens with zero attached hydrogens (tertiary/aromatic N) is 2. The van der Waals surface area contributed by atoms with Crippen molar-refractivity contribution in [3.8, 4) is 0 Å². The molecule has 0 saturated heterocycles. The molecule has 0 aromatic heterocycles. The number of carboxylic acid groups (broad SMARTS) is 2. The monoisotopic (exact) mass is 285 g/mol. The van der Waals surface area contributed by atoms with Gasteiger partial charge in [0.1, 0.15) is 0 Å². The lowest BCUT2D eigenvalue weighted by Gasteiger charge is -1.99. The molecule has 106 valence electrons. The Bertz CT molecular complexity index is 678. The molecule has 0 radical (unpaired) electrons. The minimum atomic E-state index is -1.00. The second-order valence-corrected chi connectivity index (χ2v) is 4.05. The summed E-state index contributed by atoms with van der Waals surface area (Å²) in [5, 5.41) is 25.1. The highest BCUT2D eigenvalue weighted by Gasteiger charge is 2.02. The van der Waals surface area contributed by atoms with Gasteiger partial charge in [-0.15, -0.1) is 5.11 Å². The first-order valence-electron chi connectivity index (χ1n) is 5.90. The van der Waals surface area contributed by atoms with Crippen molar-refractivity contribution in [2.24, 2.45) is 10.3 Å². The lowest BCUT2D eigenvalue weighted by Crippen LogP contribution is -1.96. The predicted molar refractivity (Wildman–Crippen MR) is 74.9 cm³/mol. The van der Waals surface area contributed by atoms with Crippen molar-refractivity contribution in [3.63, 3.8) is 0 Å². The standard InChI is InChI=1S/C14H11N3O4/c18-13(19)9-1-5-11(6-2-9)15-17-16-12-7-3-10(4-8-12)14(20)21/h1-8H,(H,15,16)(H,18,19)(H,20,21). The van der Waals surface area contributed by atoms with Crippen LogP contribution in [-0.2, 0) is 0 Å². The number of benzene rings is 2. The molecule has 7 nitrogen and oxygen atoms in total. The minimum absolute atomic E-state index is 0.172. The Morgan fingerprint density at radius 2 is 1.29 bits per heavy atom. The molecule has 0 aliphatic rings. The smallest absolute Gasteiger partial charge is 0.335 e. The molecule has 2 aromatic carbocycles. The van der Waals surface area contributed by atoms with Crippen LogP contribution in [0.15, 0.2) is 58.9 Å². The zero-order chi connectivity index (χ0) is 15.2. The summed E-state index contributed by atoms with van der Waals surface area (Å²) < 4.78 is 0. The van der Waals surface area contributed by atoms with Crippen LogP contribution in [0, 0.1) is 0 Å². The van der Waals surface area contributed by atoms with E-state index in [4.69, 9.17) is 10.2 Å². The summed E-state index contributed by atoms with van der Waals surface area (Å²) in [6.07, 6.45) is 0. The second-order valence-electron chi connectivity index (χ2n) is 4.05. The molecule has 2 aromatic rings. The van der Waals surface area contributed by atoms with Crippen LogP contribution < -0.4 is 5.43 Å². The zero-order valence-electron chi connectivity index (χ0n) is 10.7. The predicted octanol–water partition coefficient (Wildman–Crippen LogP) is 3.19. The fraction of sp³-hybridized carbons (Fsp3) is 0. The van der Waals surface area contributed by atoms with Crippen LogP contribution in [0.4, 0.5) is 11.4 Å². The third-order valence-electron chi connectivity index (χ3n) is 2.59. The highest BCUT2D eigenvalue weighted by atomic mass is 16.4. The summed E-state index contributed by atoms with van der Waals surface area (Å²) in [5.41, 5.74) is 4.08. The van der Waals surface area contributed by atoms with E-state index < -0.39 is 11.9 Å². The first-order chi connectivity index (χ1) is 10.1. The number of nitrogens with one attached hydrogen (secondary N) is 1. The Balaban J connectivity index is 1.98. The molecule has 0 amide bonds. The molecule has 0 bridgehead atoms. The maximum absolute atomic E-state index is 10.7. The van der Waals surface area contributed by atoms with E-state index in [9.17, 15) is 9.59 Å². The summed E-state index contributed by atoms with van der Waals surface area (Å²) in [5.74, 6) is -2.00. The van der Waals surface area contributed by atoms with Crippen molar-refractivity contribution >= 4 is 23.3 Å². The van der Waals surface area contributed by atoms with Gasteiger partial charge in [0.05, 0.1) is 22.5 Å². The Kier molecular flexibility index (Phi) is 4.25. The Morgan fingerprint density at radius 3 is 1.76 bits per heavy atom. The number of hydrogen-bond acceptors (Lipinski definition) is 4. The highest BCUT2D eigenvalue weighted by molar-refractivity contribution is 5.88. The molecule has 0 heterocycles. The van der Waals surface area contributed by atoms with Gasteiger partial charge in [-0.25, -0.2) is 9.59 Å². The van der Waals surface area contributed by atoms with Crippen LogP contribution in [0.5, 0.6) is 0 Å². The number of hydrogen-bond donors (Lipinski definition) is 3. The van der Waals surface area contributed by atoms with Gasteiger partial charge in [-0.3, -0.25) is 5.43 Å². The molecule has 0 saturated carbocycles. The van der Waals surface area contributed by atoms with Crippen LogP contribution in [-0.4, -0.2) is 22.2 Å². The van der Waals surface area contributed by atoms with Crippen LogP contribution in [0.2, 0.25) is 0 Å². The van der Waals surface area contributed by atoms with Crippen molar-refractivity contribution in [2.75, 3.05) is 5.43 Å². The molecule has 0 spiro atoms. The topological polar surface area (TPSA) is 111 Å². The molecule has 0 atom stereocenters. The first kappa shape index (κ1) is 14.2. The maximum Gasteiger partial charge on any atom is 0.335 e. The van der Waals surface area contributed by atoms with Crippen molar-refractivity contribution in [2.45, 2.75) is 0 Å². The Morgan fingerprint density at radius 1 is 0.810 bits per heavy atom. The van der Waals surface area contributed by atoms with Crippen LogP contribution >= 0.6 is 0 Å². The highest BCUT2D eigenvalue weighted by Crippen LogP contribution is 2.15. The van der Waals surface area contributed by atoms with E-state index in [0.717, 1.165) is 0 Å². The molecule has 0 aliphatic heterocycles. The summed E-state index contributed by atoms with van der Waals surface area (Å²) in [6.45, 7) is 0. The average molecular weight is 285 g/mol. The molecule has 21 heavy (non-hydrogen) atoms. The molecule has 2 rings (SSSR count). The summed E-state index contributed by atoms with van der Waals surface area (Å²) in [4.78, 5) is 21.4. The van der Waals surface area contributed by atoms with Gasteiger partial charge >= 0.3 is 11.9 Å². The van der Waals surface area contributed by atoms with Gasteiger partial charge in [0.2, 0.25) is 0 Å².